The van der Waals surface area contributed by atoms with Crippen LogP contribution in [0.2, 0.25) is 0 Å². The Hall–Kier alpha value is -0.540. The fourth-order valence-electron chi connectivity index (χ4n) is 1.37. The lowest BCUT2D eigenvalue weighted by Gasteiger charge is -2.24. The molecule has 0 rings (SSSR count). The zero-order valence-electron chi connectivity index (χ0n) is 9.75. The molecule has 0 unspecified atom stereocenters. The first-order valence-corrected chi connectivity index (χ1v) is 5.75. The van der Waals surface area contributed by atoms with E-state index in [4.69, 9.17) is 16.3 Å². The molecule has 0 aromatic heterocycles. The van der Waals surface area contributed by atoms with E-state index in [0.717, 1.165) is 18.5 Å². The van der Waals surface area contributed by atoms with E-state index >= 15 is 0 Å². The van der Waals surface area contributed by atoms with Crippen LogP contribution in [0.5, 0.6) is 0 Å². The van der Waals surface area contributed by atoms with Crippen molar-refractivity contribution in [1.29, 1.82) is 0 Å². The predicted molar refractivity (Wildman–Crippen MR) is 63.0 cm³/mol. The summed E-state index contributed by atoms with van der Waals surface area (Å²) in [4.78, 5) is 13.3. The Bertz CT molecular complexity index is 217. The lowest BCUT2D eigenvalue weighted by molar-refractivity contribution is -0.127. The summed E-state index contributed by atoms with van der Waals surface area (Å²) in [5.74, 6) is -0.0413. The lowest BCUT2D eigenvalue weighted by atomic mass is 10.2. The maximum absolute atomic E-state index is 11.6. The molecule has 0 atom stereocenters. The van der Waals surface area contributed by atoms with Crippen LogP contribution in [-0.4, -0.2) is 36.9 Å². The van der Waals surface area contributed by atoms with Gasteiger partial charge in [-0.05, 0) is 13.3 Å². The van der Waals surface area contributed by atoms with Crippen LogP contribution in [0.4, 0.5) is 0 Å². The Morgan fingerprint density at radius 1 is 1.53 bits per heavy atom. The van der Waals surface area contributed by atoms with Gasteiger partial charge in [-0.3, -0.25) is 4.79 Å². The maximum Gasteiger partial charge on any atom is 0.241 e. The van der Waals surface area contributed by atoms with Gasteiger partial charge in [0.1, 0.15) is 5.88 Å². The monoisotopic (exact) mass is 233 g/mol. The van der Waals surface area contributed by atoms with E-state index in [-0.39, 0.29) is 11.8 Å². The molecule has 0 spiro atoms. The average Bonchev–Trinajstić information content (AvgIpc) is 2.27. The molecule has 1 amide bonds. The fourth-order valence-corrected chi connectivity index (χ4v) is 1.52. The van der Waals surface area contributed by atoms with E-state index in [1.54, 1.807) is 12.0 Å². The van der Waals surface area contributed by atoms with Crippen molar-refractivity contribution < 1.29 is 9.53 Å². The van der Waals surface area contributed by atoms with E-state index in [1.807, 2.05) is 13.0 Å². The van der Waals surface area contributed by atoms with Gasteiger partial charge in [-0.1, -0.05) is 19.4 Å². The molecule has 0 aliphatic carbocycles. The normalized spacial score (nSPS) is 11.6. The van der Waals surface area contributed by atoms with Gasteiger partial charge in [-0.15, -0.1) is 11.6 Å². The number of carbonyl (C=O) groups excluding carboxylic acids is 1. The first-order chi connectivity index (χ1) is 7.21. The Kier molecular flexibility index (Phi) is 8.43. The minimum Gasteiger partial charge on any atom is -0.383 e. The molecule has 0 radical (unpaired) electrons. The highest BCUT2D eigenvalue weighted by molar-refractivity contribution is 6.27. The van der Waals surface area contributed by atoms with Crippen molar-refractivity contribution in [2.24, 2.45) is 0 Å². The molecule has 0 heterocycles. The standard InChI is InChI=1S/C11H20ClNO2/c1-4-6-10(5-2)13(7-8-15-3)11(14)9-12/h5H,4,6-9H2,1-3H3. The minimum absolute atomic E-state index is 0.0186. The lowest BCUT2D eigenvalue weighted by Crippen LogP contribution is -2.34. The van der Waals surface area contributed by atoms with Crippen molar-refractivity contribution in [3.63, 3.8) is 0 Å². The van der Waals surface area contributed by atoms with Crippen LogP contribution in [0.3, 0.4) is 0 Å². The third kappa shape index (κ3) is 5.19. The van der Waals surface area contributed by atoms with E-state index < -0.39 is 0 Å². The summed E-state index contributed by atoms with van der Waals surface area (Å²) >= 11 is 5.57. The van der Waals surface area contributed by atoms with Gasteiger partial charge in [-0.25, -0.2) is 0 Å². The molecule has 0 aliphatic rings. The van der Waals surface area contributed by atoms with Gasteiger partial charge in [0.25, 0.3) is 0 Å². The van der Waals surface area contributed by atoms with Gasteiger partial charge in [0.2, 0.25) is 5.91 Å². The van der Waals surface area contributed by atoms with Gasteiger partial charge in [0.15, 0.2) is 0 Å². The van der Waals surface area contributed by atoms with Crippen LogP contribution in [0.25, 0.3) is 0 Å². The van der Waals surface area contributed by atoms with E-state index in [0.29, 0.717) is 13.2 Å². The summed E-state index contributed by atoms with van der Waals surface area (Å²) in [6.45, 7) is 5.13. The smallest absolute Gasteiger partial charge is 0.241 e. The molecule has 0 aromatic carbocycles. The number of rotatable bonds is 7. The molecule has 0 saturated carbocycles. The van der Waals surface area contributed by atoms with Crippen LogP contribution >= 0.6 is 11.6 Å². The summed E-state index contributed by atoms with van der Waals surface area (Å²) < 4.78 is 4.98. The molecular weight excluding hydrogens is 214 g/mol. The first kappa shape index (κ1) is 14.5. The summed E-state index contributed by atoms with van der Waals surface area (Å²) in [5, 5.41) is 0. The molecule has 0 bridgehead atoms. The third-order valence-electron chi connectivity index (χ3n) is 2.12. The highest BCUT2D eigenvalue weighted by Crippen LogP contribution is 2.12. The Morgan fingerprint density at radius 3 is 2.60 bits per heavy atom. The van der Waals surface area contributed by atoms with Crippen LogP contribution in [0.1, 0.15) is 26.7 Å². The largest absolute Gasteiger partial charge is 0.383 e. The zero-order valence-corrected chi connectivity index (χ0v) is 10.5. The number of hydrogen-bond donors (Lipinski definition) is 0. The van der Waals surface area contributed by atoms with Crippen molar-refractivity contribution in [2.75, 3.05) is 26.1 Å². The van der Waals surface area contributed by atoms with Crippen LogP contribution in [-0.2, 0) is 9.53 Å². The molecule has 0 fully saturated rings. The fraction of sp³-hybridized carbons (Fsp3) is 0.727. The van der Waals surface area contributed by atoms with Gasteiger partial charge >= 0.3 is 0 Å². The highest BCUT2D eigenvalue weighted by Gasteiger charge is 2.15. The quantitative estimate of drug-likeness (QED) is 0.632. The van der Waals surface area contributed by atoms with Crippen molar-refractivity contribution in [3.05, 3.63) is 11.8 Å². The summed E-state index contributed by atoms with van der Waals surface area (Å²) in [6.07, 6.45) is 3.87. The molecule has 4 heteroatoms. The predicted octanol–water partition coefficient (Wildman–Crippen LogP) is 2.40. The summed E-state index contributed by atoms with van der Waals surface area (Å²) in [7, 11) is 1.62. The number of carbonyl (C=O) groups is 1. The topological polar surface area (TPSA) is 29.5 Å². The number of alkyl halides is 1. The highest BCUT2D eigenvalue weighted by atomic mass is 35.5. The molecule has 0 aliphatic heterocycles. The first-order valence-electron chi connectivity index (χ1n) is 5.21. The number of halogens is 1. The SMILES string of the molecule is CC=C(CCC)N(CCOC)C(=O)CCl. The Morgan fingerprint density at radius 2 is 2.20 bits per heavy atom. The number of allylic oxidation sites excluding steroid dienone is 2. The molecular formula is C11H20ClNO2. The van der Waals surface area contributed by atoms with Gasteiger partial charge in [-0.2, -0.15) is 0 Å². The molecule has 0 saturated heterocycles. The van der Waals surface area contributed by atoms with Crippen LogP contribution in [0, 0.1) is 0 Å². The van der Waals surface area contributed by atoms with Crippen LogP contribution in [0.15, 0.2) is 11.8 Å². The van der Waals surface area contributed by atoms with Gasteiger partial charge in [0.05, 0.1) is 6.61 Å². The average molecular weight is 234 g/mol. The number of amides is 1. The van der Waals surface area contributed by atoms with E-state index in [2.05, 4.69) is 6.92 Å². The van der Waals surface area contributed by atoms with Crippen molar-refractivity contribution >= 4 is 17.5 Å². The second kappa shape index (κ2) is 8.74. The van der Waals surface area contributed by atoms with Gasteiger partial charge in [0, 0.05) is 19.4 Å². The maximum atomic E-state index is 11.6. The number of methoxy groups -OCH3 is 1. The minimum atomic E-state index is -0.0599. The molecule has 0 aromatic rings. The van der Waals surface area contributed by atoms with E-state index in [1.165, 1.54) is 0 Å². The number of hydrogen-bond acceptors (Lipinski definition) is 2. The third-order valence-corrected chi connectivity index (χ3v) is 2.35. The van der Waals surface area contributed by atoms with Gasteiger partial charge < -0.3 is 9.64 Å². The van der Waals surface area contributed by atoms with Crippen molar-refractivity contribution in [2.45, 2.75) is 26.7 Å². The number of ether oxygens (including phenoxy) is 1. The Labute approximate surface area is 97.0 Å². The van der Waals surface area contributed by atoms with Crippen molar-refractivity contribution in [3.8, 4) is 0 Å². The number of nitrogens with zero attached hydrogens (tertiary/aromatic N) is 1. The molecule has 3 nitrogen and oxygen atoms in total. The second-order valence-electron chi connectivity index (χ2n) is 3.20. The molecule has 88 valence electrons. The summed E-state index contributed by atoms with van der Waals surface area (Å²) in [6, 6.07) is 0. The molecule has 15 heavy (non-hydrogen) atoms. The summed E-state index contributed by atoms with van der Waals surface area (Å²) in [5.41, 5.74) is 1.03. The zero-order chi connectivity index (χ0) is 11.7. The van der Waals surface area contributed by atoms with Crippen LogP contribution < -0.4 is 0 Å². The molecule has 0 N–H and O–H groups in total. The van der Waals surface area contributed by atoms with E-state index in [9.17, 15) is 4.79 Å². The van der Waals surface area contributed by atoms with Crippen molar-refractivity contribution in [1.82, 2.24) is 4.90 Å². The second-order valence-corrected chi connectivity index (χ2v) is 3.47. The Balaban J connectivity index is 4.51.